The molecule has 5 heteroatoms. The molecule has 0 atom stereocenters. The first-order valence-electron chi connectivity index (χ1n) is 4.74. The van der Waals surface area contributed by atoms with Crippen LogP contribution >= 0.6 is 0 Å². The Morgan fingerprint density at radius 2 is 2.47 bits per heavy atom. The lowest BCUT2D eigenvalue weighted by Gasteiger charge is -2.01. The lowest BCUT2D eigenvalue weighted by atomic mass is 10.2. The number of hydrogen-bond acceptors (Lipinski definition) is 4. The van der Waals surface area contributed by atoms with Gasteiger partial charge in [-0.2, -0.15) is 0 Å². The lowest BCUT2D eigenvalue weighted by molar-refractivity contribution is -0.142. The molecule has 2 aromatic rings. The molecule has 0 unspecified atom stereocenters. The Morgan fingerprint density at radius 3 is 3.27 bits per heavy atom. The molecule has 0 saturated heterocycles. The normalized spacial score (nSPS) is 10.5. The summed E-state index contributed by atoms with van der Waals surface area (Å²) < 4.78 is 6.51. The Hall–Kier alpha value is -1.91. The van der Waals surface area contributed by atoms with Crippen LogP contribution in [0.25, 0.3) is 5.52 Å². The molecule has 0 aliphatic carbocycles. The molecule has 0 radical (unpaired) electrons. The summed E-state index contributed by atoms with van der Waals surface area (Å²) in [5, 5.41) is 7.58. The number of hydrogen-bond donors (Lipinski definition) is 0. The van der Waals surface area contributed by atoms with Crippen LogP contribution in [-0.2, 0) is 16.0 Å². The van der Waals surface area contributed by atoms with Crippen molar-refractivity contribution in [3.63, 3.8) is 0 Å². The minimum absolute atomic E-state index is 0.214. The molecule has 0 aliphatic rings. The van der Waals surface area contributed by atoms with Gasteiger partial charge in [0.15, 0.2) is 0 Å². The first-order valence-corrected chi connectivity index (χ1v) is 4.74. The van der Waals surface area contributed by atoms with E-state index < -0.39 is 0 Å². The minimum atomic E-state index is -0.214. The monoisotopic (exact) mass is 205 g/mol. The van der Waals surface area contributed by atoms with Crippen LogP contribution in [0.15, 0.2) is 24.5 Å². The highest BCUT2D eigenvalue weighted by Crippen LogP contribution is 2.06. The third-order valence-corrected chi connectivity index (χ3v) is 2.02. The summed E-state index contributed by atoms with van der Waals surface area (Å²) in [7, 11) is 0. The Balaban J connectivity index is 2.17. The van der Waals surface area contributed by atoms with Crippen molar-refractivity contribution >= 4 is 11.5 Å². The van der Waals surface area contributed by atoms with Gasteiger partial charge in [0, 0.05) is 6.20 Å². The summed E-state index contributed by atoms with van der Waals surface area (Å²) in [4.78, 5) is 11.2. The summed E-state index contributed by atoms with van der Waals surface area (Å²) in [5.74, 6) is -0.214. The molecular formula is C10H11N3O2. The number of pyridine rings is 1. The topological polar surface area (TPSA) is 56.5 Å². The van der Waals surface area contributed by atoms with E-state index in [2.05, 4.69) is 10.3 Å². The smallest absolute Gasteiger partial charge is 0.310 e. The molecular weight excluding hydrogens is 194 g/mol. The van der Waals surface area contributed by atoms with Gasteiger partial charge in [-0.25, -0.2) is 4.52 Å². The fraction of sp³-hybridized carbons (Fsp3) is 0.300. The lowest BCUT2D eigenvalue weighted by Crippen LogP contribution is -2.07. The maximum absolute atomic E-state index is 11.2. The Morgan fingerprint density at radius 1 is 1.60 bits per heavy atom. The Bertz CT molecular complexity index is 478. The third kappa shape index (κ3) is 2.12. The van der Waals surface area contributed by atoms with E-state index in [1.165, 1.54) is 0 Å². The molecule has 5 nitrogen and oxygen atoms in total. The number of carbonyl (C=O) groups excluding carboxylic acids is 1. The van der Waals surface area contributed by atoms with Gasteiger partial charge in [0.05, 0.1) is 24.7 Å². The van der Waals surface area contributed by atoms with E-state index in [9.17, 15) is 4.79 Å². The van der Waals surface area contributed by atoms with Crippen molar-refractivity contribution in [2.24, 2.45) is 0 Å². The molecule has 0 saturated carbocycles. The highest BCUT2D eigenvalue weighted by atomic mass is 16.5. The zero-order valence-electron chi connectivity index (χ0n) is 8.38. The molecule has 0 bridgehead atoms. The maximum atomic E-state index is 11.2. The standard InChI is InChI=1S/C10H11N3O2/c1-2-15-10(14)6-8-3-4-13-9(5-8)7-11-12-13/h3-5,7H,2,6H2,1H3. The van der Waals surface area contributed by atoms with Crippen molar-refractivity contribution in [1.82, 2.24) is 14.8 Å². The highest BCUT2D eigenvalue weighted by Gasteiger charge is 2.04. The molecule has 15 heavy (non-hydrogen) atoms. The summed E-state index contributed by atoms with van der Waals surface area (Å²) >= 11 is 0. The second-order valence-corrected chi connectivity index (χ2v) is 3.12. The Kier molecular flexibility index (Phi) is 2.62. The van der Waals surface area contributed by atoms with Gasteiger partial charge in [-0.15, -0.1) is 5.10 Å². The number of nitrogens with zero attached hydrogens (tertiary/aromatic N) is 3. The van der Waals surface area contributed by atoms with Crippen molar-refractivity contribution < 1.29 is 9.53 Å². The number of fused-ring (bicyclic) bond motifs is 1. The molecule has 2 rings (SSSR count). The number of rotatable bonds is 3. The average molecular weight is 205 g/mol. The van der Waals surface area contributed by atoms with E-state index in [0.717, 1.165) is 11.1 Å². The van der Waals surface area contributed by atoms with Gasteiger partial charge in [0.1, 0.15) is 0 Å². The van der Waals surface area contributed by atoms with E-state index in [-0.39, 0.29) is 12.4 Å². The summed E-state index contributed by atoms with van der Waals surface area (Å²) in [6, 6.07) is 3.70. The fourth-order valence-corrected chi connectivity index (χ4v) is 1.36. The van der Waals surface area contributed by atoms with Gasteiger partial charge in [-0.1, -0.05) is 5.21 Å². The van der Waals surface area contributed by atoms with Crippen LogP contribution in [0.5, 0.6) is 0 Å². The van der Waals surface area contributed by atoms with E-state index in [0.29, 0.717) is 6.61 Å². The second kappa shape index (κ2) is 4.08. The van der Waals surface area contributed by atoms with Crippen LogP contribution in [0.1, 0.15) is 12.5 Å². The van der Waals surface area contributed by atoms with Gasteiger partial charge < -0.3 is 4.74 Å². The Labute approximate surface area is 86.7 Å². The van der Waals surface area contributed by atoms with Gasteiger partial charge >= 0.3 is 5.97 Å². The molecule has 0 aromatic carbocycles. The molecule has 2 heterocycles. The first-order chi connectivity index (χ1) is 7.29. The highest BCUT2D eigenvalue weighted by molar-refractivity contribution is 5.73. The van der Waals surface area contributed by atoms with Crippen molar-refractivity contribution in [2.75, 3.05) is 6.61 Å². The maximum Gasteiger partial charge on any atom is 0.310 e. The van der Waals surface area contributed by atoms with E-state index >= 15 is 0 Å². The van der Waals surface area contributed by atoms with Crippen molar-refractivity contribution in [3.8, 4) is 0 Å². The van der Waals surface area contributed by atoms with Crippen LogP contribution in [-0.4, -0.2) is 27.4 Å². The predicted octanol–water partition coefficient (Wildman–Crippen LogP) is 0.835. The van der Waals surface area contributed by atoms with Crippen molar-refractivity contribution in [1.29, 1.82) is 0 Å². The molecule has 0 spiro atoms. The minimum Gasteiger partial charge on any atom is -0.466 e. The predicted molar refractivity (Wildman–Crippen MR) is 53.3 cm³/mol. The quantitative estimate of drug-likeness (QED) is 0.696. The SMILES string of the molecule is CCOC(=O)Cc1ccn2nncc2c1. The fourth-order valence-electron chi connectivity index (χ4n) is 1.36. The number of aromatic nitrogens is 3. The van der Waals surface area contributed by atoms with Crippen molar-refractivity contribution in [3.05, 3.63) is 30.1 Å². The molecule has 78 valence electrons. The zero-order valence-corrected chi connectivity index (χ0v) is 8.38. The first kappa shape index (κ1) is 9.64. The summed E-state index contributed by atoms with van der Waals surface area (Å²) in [6.45, 7) is 2.21. The number of carbonyl (C=O) groups is 1. The molecule has 0 aliphatic heterocycles. The van der Waals surface area contributed by atoms with E-state index in [4.69, 9.17) is 4.74 Å². The largest absolute Gasteiger partial charge is 0.466 e. The summed E-state index contributed by atoms with van der Waals surface area (Å²) in [5.41, 5.74) is 1.78. The van der Waals surface area contributed by atoms with Gasteiger partial charge in [0.2, 0.25) is 0 Å². The van der Waals surface area contributed by atoms with Crippen LogP contribution in [0.3, 0.4) is 0 Å². The molecule has 2 aromatic heterocycles. The van der Waals surface area contributed by atoms with Crippen LogP contribution in [0.2, 0.25) is 0 Å². The summed E-state index contributed by atoms with van der Waals surface area (Å²) in [6.07, 6.45) is 3.71. The van der Waals surface area contributed by atoms with E-state index in [1.807, 2.05) is 12.1 Å². The number of ether oxygens (including phenoxy) is 1. The van der Waals surface area contributed by atoms with Gasteiger partial charge in [-0.3, -0.25) is 4.79 Å². The zero-order chi connectivity index (χ0) is 10.7. The second-order valence-electron chi connectivity index (χ2n) is 3.12. The van der Waals surface area contributed by atoms with Crippen LogP contribution < -0.4 is 0 Å². The number of esters is 1. The third-order valence-electron chi connectivity index (χ3n) is 2.02. The van der Waals surface area contributed by atoms with Crippen molar-refractivity contribution in [2.45, 2.75) is 13.3 Å². The molecule has 0 amide bonds. The van der Waals surface area contributed by atoms with Crippen LogP contribution in [0, 0.1) is 0 Å². The molecule has 0 N–H and O–H groups in total. The van der Waals surface area contributed by atoms with E-state index in [1.54, 1.807) is 23.8 Å². The average Bonchev–Trinajstić information content (AvgIpc) is 2.65. The molecule has 0 fully saturated rings. The van der Waals surface area contributed by atoms with Gasteiger partial charge in [-0.05, 0) is 24.6 Å². The van der Waals surface area contributed by atoms with Gasteiger partial charge in [0.25, 0.3) is 0 Å². The van der Waals surface area contributed by atoms with Crippen LogP contribution in [0.4, 0.5) is 0 Å².